The number of anilines is 3. The smallest absolute Gasteiger partial charge is 0.159 e. The Balaban J connectivity index is 1.44. The maximum atomic E-state index is 7.09. The molecule has 3 nitrogen and oxygen atoms in total. The third-order valence-corrected chi connectivity index (χ3v) is 8.44. The summed E-state index contributed by atoms with van der Waals surface area (Å²) in [5.74, 6) is 0. The zero-order valence-electron chi connectivity index (χ0n) is 23.2. The number of rotatable bonds is 4. The molecular formula is C40H25NO2. The van der Waals surface area contributed by atoms with Crippen molar-refractivity contribution in [2.24, 2.45) is 0 Å². The van der Waals surface area contributed by atoms with E-state index in [2.05, 4.69) is 132 Å². The summed E-state index contributed by atoms with van der Waals surface area (Å²) in [5, 5.41) is 6.61. The second-order valence-corrected chi connectivity index (χ2v) is 10.9. The monoisotopic (exact) mass is 551 g/mol. The molecule has 2 heterocycles. The van der Waals surface area contributed by atoms with Gasteiger partial charge in [0.2, 0.25) is 0 Å². The summed E-state index contributed by atoms with van der Waals surface area (Å²) < 4.78 is 13.6. The molecule has 0 N–H and O–H groups in total. The Kier molecular flexibility index (Phi) is 5.20. The number of nitrogens with zero attached hydrogens (tertiary/aromatic N) is 1. The maximum absolute atomic E-state index is 7.09. The van der Waals surface area contributed by atoms with Crippen molar-refractivity contribution in [2.45, 2.75) is 0 Å². The predicted octanol–water partition coefficient (Wildman–Crippen LogP) is 11.8. The van der Waals surface area contributed by atoms with Crippen molar-refractivity contribution in [1.82, 2.24) is 0 Å². The lowest BCUT2D eigenvalue weighted by Gasteiger charge is -2.25. The quantitative estimate of drug-likeness (QED) is 0.218. The SMILES string of the molecule is c1ccc(N(c2ccccc2)c2cccc3c2oc2c(-c4cccc5ccccc45)c4c(cc23)oc2ccccc24)cc1. The van der Waals surface area contributed by atoms with E-state index in [1.165, 1.54) is 10.8 Å². The zero-order chi connectivity index (χ0) is 28.3. The van der Waals surface area contributed by atoms with Crippen LogP contribution < -0.4 is 4.90 Å². The van der Waals surface area contributed by atoms with E-state index in [0.29, 0.717) is 0 Å². The van der Waals surface area contributed by atoms with Crippen molar-refractivity contribution < 1.29 is 8.83 Å². The van der Waals surface area contributed by atoms with Crippen LogP contribution in [-0.4, -0.2) is 0 Å². The van der Waals surface area contributed by atoms with Gasteiger partial charge in [0.15, 0.2) is 5.58 Å². The highest BCUT2D eigenvalue weighted by atomic mass is 16.3. The number of para-hydroxylation sites is 4. The van der Waals surface area contributed by atoms with Crippen molar-refractivity contribution in [2.75, 3.05) is 4.90 Å². The van der Waals surface area contributed by atoms with Crippen LogP contribution in [0.25, 0.3) is 65.8 Å². The lowest BCUT2D eigenvalue weighted by Crippen LogP contribution is -2.09. The van der Waals surface area contributed by atoms with Gasteiger partial charge in [-0.3, -0.25) is 0 Å². The molecule has 0 saturated carbocycles. The first-order valence-corrected chi connectivity index (χ1v) is 14.5. The summed E-state index contributed by atoms with van der Waals surface area (Å²) in [7, 11) is 0. The summed E-state index contributed by atoms with van der Waals surface area (Å²) in [5.41, 5.74) is 8.72. The molecule has 0 radical (unpaired) electrons. The van der Waals surface area contributed by atoms with E-state index in [-0.39, 0.29) is 0 Å². The molecule has 0 aliphatic heterocycles. The van der Waals surface area contributed by atoms with Crippen LogP contribution >= 0.6 is 0 Å². The average molecular weight is 552 g/mol. The van der Waals surface area contributed by atoms with Crippen LogP contribution in [0.5, 0.6) is 0 Å². The van der Waals surface area contributed by atoms with E-state index >= 15 is 0 Å². The number of fused-ring (bicyclic) bond motifs is 7. The van der Waals surface area contributed by atoms with Crippen LogP contribution in [-0.2, 0) is 0 Å². The molecule has 3 heteroatoms. The third-order valence-electron chi connectivity index (χ3n) is 8.44. The lowest BCUT2D eigenvalue weighted by molar-refractivity contribution is 0.665. The van der Waals surface area contributed by atoms with Gasteiger partial charge in [-0.05, 0) is 58.8 Å². The van der Waals surface area contributed by atoms with Crippen molar-refractivity contribution in [3.8, 4) is 11.1 Å². The van der Waals surface area contributed by atoms with E-state index in [9.17, 15) is 0 Å². The Morgan fingerprint density at radius 3 is 1.84 bits per heavy atom. The second kappa shape index (κ2) is 9.37. The Hall–Kier alpha value is -5.80. The van der Waals surface area contributed by atoms with Crippen molar-refractivity contribution >= 4 is 71.7 Å². The topological polar surface area (TPSA) is 29.5 Å². The first-order valence-electron chi connectivity index (χ1n) is 14.5. The Morgan fingerprint density at radius 2 is 1.05 bits per heavy atom. The van der Waals surface area contributed by atoms with E-state index in [0.717, 1.165) is 72.1 Å². The Labute approximate surface area is 247 Å². The maximum Gasteiger partial charge on any atom is 0.159 e. The highest BCUT2D eigenvalue weighted by Gasteiger charge is 2.24. The molecule has 9 rings (SSSR count). The van der Waals surface area contributed by atoms with E-state index in [1.807, 2.05) is 24.3 Å². The molecule has 9 aromatic rings. The molecule has 0 amide bonds. The molecule has 0 saturated heterocycles. The summed E-state index contributed by atoms with van der Waals surface area (Å²) in [6.45, 7) is 0. The highest BCUT2D eigenvalue weighted by molar-refractivity contribution is 6.26. The molecule has 0 spiro atoms. The van der Waals surface area contributed by atoms with Gasteiger partial charge in [-0.2, -0.15) is 0 Å². The van der Waals surface area contributed by atoms with Crippen molar-refractivity contribution in [3.63, 3.8) is 0 Å². The van der Waals surface area contributed by atoms with Crippen LogP contribution in [0.3, 0.4) is 0 Å². The summed E-state index contributed by atoms with van der Waals surface area (Å²) in [6, 6.07) is 52.8. The third kappa shape index (κ3) is 3.62. The summed E-state index contributed by atoms with van der Waals surface area (Å²) >= 11 is 0. The molecule has 0 fully saturated rings. The van der Waals surface area contributed by atoms with Gasteiger partial charge in [0.05, 0.1) is 5.69 Å². The van der Waals surface area contributed by atoms with E-state index in [4.69, 9.17) is 8.83 Å². The number of hydrogen-bond acceptors (Lipinski definition) is 3. The standard InChI is InChI=1S/C40H25NO2/c1-3-15-27(16-4-1)41(28-17-5-2-6-18-28)34-23-12-22-31-33-25-36-37(32-20-9-10-24-35(32)42-36)38(40(33)43-39(31)34)30-21-11-14-26-13-7-8-19-29(26)30/h1-25H. The first kappa shape index (κ1) is 23.9. The van der Waals surface area contributed by atoms with Gasteiger partial charge in [-0.25, -0.2) is 0 Å². The normalized spacial score (nSPS) is 11.7. The van der Waals surface area contributed by atoms with Gasteiger partial charge in [0.25, 0.3) is 0 Å². The van der Waals surface area contributed by atoms with Crippen molar-refractivity contribution in [3.05, 3.63) is 152 Å². The minimum atomic E-state index is 0.837. The number of furan rings is 2. The summed E-state index contributed by atoms with van der Waals surface area (Å²) in [4.78, 5) is 2.27. The predicted molar refractivity (Wildman–Crippen MR) is 179 cm³/mol. The van der Waals surface area contributed by atoms with Crippen molar-refractivity contribution in [1.29, 1.82) is 0 Å². The highest BCUT2D eigenvalue weighted by Crippen LogP contribution is 2.49. The molecular weight excluding hydrogens is 526 g/mol. The van der Waals surface area contributed by atoms with E-state index < -0.39 is 0 Å². The average Bonchev–Trinajstić information content (AvgIpc) is 3.63. The molecule has 0 bridgehead atoms. The zero-order valence-corrected chi connectivity index (χ0v) is 23.2. The minimum Gasteiger partial charge on any atom is -0.456 e. The summed E-state index contributed by atoms with van der Waals surface area (Å²) in [6.07, 6.45) is 0. The fourth-order valence-corrected chi connectivity index (χ4v) is 6.58. The van der Waals surface area contributed by atoms with Gasteiger partial charge in [0, 0.05) is 38.5 Å². The van der Waals surface area contributed by atoms with E-state index in [1.54, 1.807) is 0 Å². The lowest BCUT2D eigenvalue weighted by atomic mass is 9.93. The van der Waals surface area contributed by atoms with Gasteiger partial charge in [0.1, 0.15) is 16.7 Å². The van der Waals surface area contributed by atoms with Gasteiger partial charge in [-0.15, -0.1) is 0 Å². The van der Waals surface area contributed by atoms with Crippen LogP contribution in [0, 0.1) is 0 Å². The molecule has 2 aromatic heterocycles. The fraction of sp³-hybridized carbons (Fsp3) is 0. The number of benzene rings is 7. The van der Waals surface area contributed by atoms with Gasteiger partial charge < -0.3 is 13.7 Å². The molecule has 0 atom stereocenters. The molecule has 43 heavy (non-hydrogen) atoms. The minimum absolute atomic E-state index is 0.837. The van der Waals surface area contributed by atoms with Gasteiger partial charge >= 0.3 is 0 Å². The van der Waals surface area contributed by atoms with Crippen LogP contribution in [0.4, 0.5) is 17.1 Å². The molecule has 7 aromatic carbocycles. The second-order valence-electron chi connectivity index (χ2n) is 10.9. The fourth-order valence-electron chi connectivity index (χ4n) is 6.58. The molecule has 0 aliphatic rings. The molecule has 0 aliphatic carbocycles. The largest absolute Gasteiger partial charge is 0.456 e. The Bertz CT molecular complexity index is 2410. The Morgan fingerprint density at radius 1 is 0.419 bits per heavy atom. The first-order chi connectivity index (χ1) is 21.3. The van der Waals surface area contributed by atoms with Crippen LogP contribution in [0.2, 0.25) is 0 Å². The number of hydrogen-bond donors (Lipinski definition) is 0. The van der Waals surface area contributed by atoms with Crippen LogP contribution in [0.15, 0.2) is 160 Å². The molecule has 202 valence electrons. The molecule has 0 unspecified atom stereocenters. The van der Waals surface area contributed by atoms with Gasteiger partial charge in [-0.1, -0.05) is 109 Å². The van der Waals surface area contributed by atoms with Crippen LogP contribution in [0.1, 0.15) is 0 Å².